The second-order valence-corrected chi connectivity index (χ2v) is 8.01. The molecule has 0 bridgehead atoms. The van der Waals surface area contributed by atoms with Crippen LogP contribution in [0.5, 0.6) is 0 Å². The fourth-order valence-corrected chi connectivity index (χ4v) is 4.28. The summed E-state index contributed by atoms with van der Waals surface area (Å²) < 4.78 is 20.4. The molecule has 1 aliphatic carbocycles. The van der Waals surface area contributed by atoms with E-state index in [-0.39, 0.29) is 41.3 Å². The Labute approximate surface area is 193 Å². The lowest BCUT2D eigenvalue weighted by Gasteiger charge is -2.43. The second kappa shape index (κ2) is 10.0. The molecule has 7 nitrogen and oxygen atoms in total. The summed E-state index contributed by atoms with van der Waals surface area (Å²) in [4.78, 5) is 8.94. The van der Waals surface area contributed by atoms with E-state index in [1.54, 1.807) is 26.3 Å². The van der Waals surface area contributed by atoms with Gasteiger partial charge in [0.2, 0.25) is 0 Å². The van der Waals surface area contributed by atoms with Crippen LogP contribution in [-0.2, 0) is 29.7 Å². The van der Waals surface area contributed by atoms with Gasteiger partial charge in [-0.05, 0) is 37.0 Å². The minimum atomic E-state index is -0.188. The molecule has 2 aromatic rings. The lowest BCUT2D eigenvalue weighted by molar-refractivity contribution is 0.177. The molecular weight excluding hydrogens is 498 g/mol. The van der Waals surface area contributed by atoms with Crippen molar-refractivity contribution in [2.45, 2.75) is 56.7 Å². The number of hydrogen-bond acceptors (Lipinski definition) is 4. The summed E-state index contributed by atoms with van der Waals surface area (Å²) in [7, 11) is 3.45. The molecule has 1 fully saturated rings. The van der Waals surface area contributed by atoms with Crippen LogP contribution in [0.1, 0.15) is 42.9 Å². The number of aliphatic imine (C=N–C) groups is 1. The van der Waals surface area contributed by atoms with Crippen LogP contribution in [0.25, 0.3) is 0 Å². The molecule has 2 N–H and O–H groups in total. The lowest BCUT2D eigenvalue weighted by atomic mass is 9.64. The van der Waals surface area contributed by atoms with Crippen molar-refractivity contribution in [2.75, 3.05) is 20.7 Å². The van der Waals surface area contributed by atoms with Gasteiger partial charge in [0.25, 0.3) is 0 Å². The van der Waals surface area contributed by atoms with Crippen molar-refractivity contribution in [3.05, 3.63) is 47.3 Å². The van der Waals surface area contributed by atoms with Crippen LogP contribution in [0.3, 0.4) is 0 Å². The summed E-state index contributed by atoms with van der Waals surface area (Å²) in [6, 6.07) is 7.18. The number of ether oxygens (including phenoxy) is 1. The molecule has 0 amide bonds. The van der Waals surface area contributed by atoms with E-state index in [1.165, 1.54) is 12.0 Å². The Bertz CT molecular complexity index is 865. The highest BCUT2D eigenvalue weighted by atomic mass is 127. The molecule has 1 atom stereocenters. The number of aromatic nitrogens is 3. The SMILES string of the molecule is CN=C(NCC1(c2ccc(F)cc2)CCC1)NC1CCc2nc(COC)nn2C1.I. The number of benzene rings is 1. The number of fused-ring (bicyclic) bond motifs is 1. The first-order chi connectivity index (χ1) is 14.1. The quantitative estimate of drug-likeness (QED) is 0.343. The summed E-state index contributed by atoms with van der Waals surface area (Å²) in [6.45, 7) is 1.99. The minimum absolute atomic E-state index is 0. The largest absolute Gasteiger partial charge is 0.377 e. The number of hydrogen-bond donors (Lipinski definition) is 2. The van der Waals surface area contributed by atoms with E-state index in [1.807, 2.05) is 16.8 Å². The molecule has 0 spiro atoms. The number of halogens is 2. The smallest absolute Gasteiger partial charge is 0.191 e. The van der Waals surface area contributed by atoms with Gasteiger partial charge in [-0.15, -0.1) is 24.0 Å². The van der Waals surface area contributed by atoms with Crippen molar-refractivity contribution in [3.63, 3.8) is 0 Å². The fourth-order valence-electron chi connectivity index (χ4n) is 4.28. The molecule has 30 heavy (non-hydrogen) atoms. The van der Waals surface area contributed by atoms with Crippen LogP contribution in [0.4, 0.5) is 4.39 Å². The van der Waals surface area contributed by atoms with E-state index in [0.29, 0.717) is 6.61 Å². The molecule has 164 valence electrons. The lowest BCUT2D eigenvalue weighted by Crippen LogP contribution is -2.52. The predicted molar refractivity (Wildman–Crippen MR) is 125 cm³/mol. The Kier molecular flexibility index (Phi) is 7.67. The van der Waals surface area contributed by atoms with E-state index in [9.17, 15) is 4.39 Å². The molecule has 4 rings (SSSR count). The van der Waals surface area contributed by atoms with Crippen molar-refractivity contribution in [2.24, 2.45) is 4.99 Å². The maximum absolute atomic E-state index is 13.3. The second-order valence-electron chi connectivity index (χ2n) is 8.01. The van der Waals surface area contributed by atoms with Gasteiger partial charge in [0, 0.05) is 38.6 Å². The minimum Gasteiger partial charge on any atom is -0.377 e. The van der Waals surface area contributed by atoms with E-state index in [0.717, 1.165) is 56.4 Å². The van der Waals surface area contributed by atoms with Gasteiger partial charge in [-0.2, -0.15) is 5.10 Å². The number of guanidine groups is 1. The van der Waals surface area contributed by atoms with Gasteiger partial charge in [0.05, 0.1) is 6.54 Å². The molecule has 0 radical (unpaired) electrons. The van der Waals surface area contributed by atoms with Crippen LogP contribution in [-0.4, -0.2) is 47.5 Å². The van der Waals surface area contributed by atoms with Gasteiger partial charge in [0.1, 0.15) is 18.2 Å². The summed E-state index contributed by atoms with van der Waals surface area (Å²) in [5.74, 6) is 2.36. The fraction of sp³-hybridized carbons (Fsp3) is 0.571. The topological polar surface area (TPSA) is 76.4 Å². The van der Waals surface area contributed by atoms with Gasteiger partial charge in [-0.1, -0.05) is 18.6 Å². The van der Waals surface area contributed by atoms with Crippen molar-refractivity contribution in [1.29, 1.82) is 0 Å². The Morgan fingerprint density at radius 1 is 1.33 bits per heavy atom. The maximum Gasteiger partial charge on any atom is 0.191 e. The van der Waals surface area contributed by atoms with Crippen molar-refractivity contribution < 1.29 is 9.13 Å². The van der Waals surface area contributed by atoms with Gasteiger partial charge in [-0.3, -0.25) is 4.99 Å². The first-order valence-electron chi connectivity index (χ1n) is 10.3. The maximum atomic E-state index is 13.3. The average Bonchev–Trinajstić information content (AvgIpc) is 3.09. The number of nitrogens with one attached hydrogen (secondary N) is 2. The third-order valence-corrected chi connectivity index (χ3v) is 6.10. The zero-order chi connectivity index (χ0) is 20.3. The number of rotatable bonds is 6. The van der Waals surface area contributed by atoms with Gasteiger partial charge >= 0.3 is 0 Å². The molecule has 9 heteroatoms. The van der Waals surface area contributed by atoms with Crippen LogP contribution in [0.2, 0.25) is 0 Å². The average molecular weight is 528 g/mol. The molecule has 1 aromatic heterocycles. The highest BCUT2D eigenvalue weighted by molar-refractivity contribution is 14.0. The van der Waals surface area contributed by atoms with E-state index < -0.39 is 0 Å². The zero-order valence-corrected chi connectivity index (χ0v) is 19.9. The van der Waals surface area contributed by atoms with Crippen LogP contribution < -0.4 is 10.6 Å². The normalized spacial score (nSPS) is 20.0. The van der Waals surface area contributed by atoms with Crippen molar-refractivity contribution >= 4 is 29.9 Å². The Morgan fingerprint density at radius 3 is 2.73 bits per heavy atom. The zero-order valence-electron chi connectivity index (χ0n) is 17.5. The molecule has 1 unspecified atom stereocenters. The number of aryl methyl sites for hydroxylation is 1. The van der Waals surface area contributed by atoms with E-state index in [4.69, 9.17) is 4.74 Å². The molecule has 0 saturated heterocycles. The summed E-state index contributed by atoms with van der Waals surface area (Å²) >= 11 is 0. The highest BCUT2D eigenvalue weighted by Gasteiger charge is 2.38. The van der Waals surface area contributed by atoms with Crippen molar-refractivity contribution in [1.82, 2.24) is 25.4 Å². The monoisotopic (exact) mass is 528 g/mol. The Morgan fingerprint density at radius 2 is 2.10 bits per heavy atom. The predicted octanol–water partition coefficient (Wildman–Crippen LogP) is 2.78. The third-order valence-electron chi connectivity index (χ3n) is 6.10. The van der Waals surface area contributed by atoms with Crippen LogP contribution in [0, 0.1) is 5.82 Å². The summed E-state index contributed by atoms with van der Waals surface area (Å²) in [5.41, 5.74) is 1.26. The van der Waals surface area contributed by atoms with Crippen molar-refractivity contribution in [3.8, 4) is 0 Å². The molecule has 1 aliphatic heterocycles. The van der Waals surface area contributed by atoms with Crippen LogP contribution >= 0.6 is 24.0 Å². The molecular formula is C21H30FIN6O. The summed E-state index contributed by atoms with van der Waals surface area (Å²) in [5, 5.41) is 11.6. The molecule has 1 aromatic carbocycles. The van der Waals surface area contributed by atoms with Gasteiger partial charge < -0.3 is 15.4 Å². The van der Waals surface area contributed by atoms with E-state index in [2.05, 4.69) is 25.7 Å². The third kappa shape index (κ3) is 4.93. The molecule has 2 aliphatic rings. The number of methoxy groups -OCH3 is 1. The van der Waals surface area contributed by atoms with Gasteiger partial charge in [-0.25, -0.2) is 14.1 Å². The summed E-state index contributed by atoms with van der Waals surface area (Å²) in [6.07, 6.45) is 5.28. The molecule has 1 saturated carbocycles. The first kappa shape index (κ1) is 22.9. The first-order valence-corrected chi connectivity index (χ1v) is 10.3. The Hall–Kier alpha value is -1.75. The van der Waals surface area contributed by atoms with E-state index >= 15 is 0 Å². The number of nitrogens with zero attached hydrogens (tertiary/aromatic N) is 4. The van der Waals surface area contributed by atoms with Crippen LogP contribution in [0.15, 0.2) is 29.3 Å². The standard InChI is InChI=1S/C21H29FN6O.HI/c1-23-20(24-14-21(10-3-11-21)15-4-6-16(22)7-5-15)25-17-8-9-19-26-18(13-29-2)27-28(19)12-17;/h4-7,17H,3,8-14H2,1-2H3,(H2,23,24,25);1H. The molecule has 2 heterocycles. The van der Waals surface area contributed by atoms with Gasteiger partial charge in [0.15, 0.2) is 11.8 Å². The highest BCUT2D eigenvalue weighted by Crippen LogP contribution is 2.43. The Balaban J connectivity index is 0.00000256.